The average molecular weight is 258 g/mol. The smallest absolute Gasteiger partial charge is 0.165 e. The number of carbonyl (C=O) groups excluding carboxylic acids is 1. The van der Waals surface area contributed by atoms with E-state index in [0.29, 0.717) is 6.42 Å². The molecule has 0 aliphatic rings. The van der Waals surface area contributed by atoms with Crippen molar-refractivity contribution in [1.82, 2.24) is 9.97 Å². The molecule has 2 heterocycles. The number of unbranched alkanes of at least 4 members (excludes halogenated alkanes) is 5. The molecule has 0 aliphatic carbocycles. The molecule has 0 bridgehead atoms. The highest BCUT2D eigenvalue weighted by atomic mass is 16.1. The van der Waals surface area contributed by atoms with Crippen LogP contribution in [0.3, 0.4) is 0 Å². The van der Waals surface area contributed by atoms with Crippen LogP contribution in [-0.2, 0) is 0 Å². The van der Waals surface area contributed by atoms with E-state index >= 15 is 0 Å². The van der Waals surface area contributed by atoms with E-state index in [1.54, 1.807) is 12.4 Å². The normalized spacial score (nSPS) is 11.0. The minimum atomic E-state index is 0.231. The summed E-state index contributed by atoms with van der Waals surface area (Å²) in [6.07, 6.45) is 11.4. The number of nitrogens with one attached hydrogen (secondary N) is 1. The molecule has 0 saturated carbocycles. The van der Waals surface area contributed by atoms with Gasteiger partial charge in [0.15, 0.2) is 5.78 Å². The molecule has 2 aromatic heterocycles. The molecule has 0 aliphatic heterocycles. The monoisotopic (exact) mass is 258 g/mol. The fraction of sp³-hybridized carbons (Fsp3) is 0.500. The summed E-state index contributed by atoms with van der Waals surface area (Å²) in [6.45, 7) is 2.22. The molecule has 19 heavy (non-hydrogen) atoms. The van der Waals surface area contributed by atoms with Gasteiger partial charge >= 0.3 is 0 Å². The fourth-order valence-electron chi connectivity index (χ4n) is 2.39. The van der Waals surface area contributed by atoms with Gasteiger partial charge in [-0.1, -0.05) is 39.0 Å². The van der Waals surface area contributed by atoms with Gasteiger partial charge in [0.1, 0.15) is 5.65 Å². The Hall–Kier alpha value is -1.64. The molecule has 0 amide bonds. The first kappa shape index (κ1) is 13.8. The standard InChI is InChI=1S/C16H22N2O/c1-2-3-4-5-6-7-10-15(19)14-12-18-16-13(14)9-8-11-17-16/h8-9,11-12H,2-7,10H2,1H3,(H,17,18). The van der Waals surface area contributed by atoms with Crippen molar-refractivity contribution in [3.63, 3.8) is 0 Å². The number of carbonyl (C=O) groups is 1. The third kappa shape index (κ3) is 3.66. The highest BCUT2D eigenvalue weighted by Gasteiger charge is 2.11. The van der Waals surface area contributed by atoms with Gasteiger partial charge in [-0.3, -0.25) is 4.79 Å². The van der Waals surface area contributed by atoms with Gasteiger partial charge in [-0.05, 0) is 18.6 Å². The summed E-state index contributed by atoms with van der Waals surface area (Å²) in [5.41, 5.74) is 1.59. The molecule has 0 radical (unpaired) electrons. The zero-order valence-electron chi connectivity index (χ0n) is 11.6. The molecule has 102 valence electrons. The molecule has 0 saturated heterocycles. The molecule has 0 unspecified atom stereocenters. The Morgan fingerprint density at radius 1 is 1.21 bits per heavy atom. The summed E-state index contributed by atoms with van der Waals surface area (Å²) in [4.78, 5) is 19.4. The van der Waals surface area contributed by atoms with E-state index in [1.807, 2.05) is 12.1 Å². The van der Waals surface area contributed by atoms with Crippen LogP contribution < -0.4 is 0 Å². The van der Waals surface area contributed by atoms with Crippen LogP contribution in [0.15, 0.2) is 24.5 Å². The van der Waals surface area contributed by atoms with Crippen molar-refractivity contribution in [3.05, 3.63) is 30.1 Å². The van der Waals surface area contributed by atoms with Gasteiger partial charge in [0.25, 0.3) is 0 Å². The number of fused-ring (bicyclic) bond motifs is 1. The van der Waals surface area contributed by atoms with Crippen molar-refractivity contribution in [3.8, 4) is 0 Å². The quantitative estimate of drug-likeness (QED) is 0.560. The van der Waals surface area contributed by atoms with Crippen molar-refractivity contribution >= 4 is 16.8 Å². The molecule has 1 N–H and O–H groups in total. The van der Waals surface area contributed by atoms with Gasteiger partial charge in [-0.15, -0.1) is 0 Å². The van der Waals surface area contributed by atoms with E-state index in [0.717, 1.165) is 29.4 Å². The van der Waals surface area contributed by atoms with Crippen LogP contribution in [0.1, 0.15) is 62.2 Å². The first-order chi connectivity index (χ1) is 9.33. The predicted molar refractivity (Wildman–Crippen MR) is 78.4 cm³/mol. The van der Waals surface area contributed by atoms with Crippen LogP contribution >= 0.6 is 0 Å². The summed E-state index contributed by atoms with van der Waals surface area (Å²) in [5, 5.41) is 0.943. The first-order valence-corrected chi connectivity index (χ1v) is 7.28. The van der Waals surface area contributed by atoms with Crippen LogP contribution in [0.5, 0.6) is 0 Å². The minimum absolute atomic E-state index is 0.231. The number of ketones is 1. The lowest BCUT2D eigenvalue weighted by molar-refractivity contribution is 0.0980. The molecule has 0 aromatic carbocycles. The van der Waals surface area contributed by atoms with Crippen molar-refractivity contribution in [1.29, 1.82) is 0 Å². The van der Waals surface area contributed by atoms with Crippen LogP contribution in [-0.4, -0.2) is 15.8 Å². The third-order valence-corrected chi connectivity index (χ3v) is 3.51. The van der Waals surface area contributed by atoms with E-state index in [-0.39, 0.29) is 5.78 Å². The zero-order valence-corrected chi connectivity index (χ0v) is 11.6. The highest BCUT2D eigenvalue weighted by molar-refractivity contribution is 6.06. The van der Waals surface area contributed by atoms with Crippen molar-refractivity contribution in [2.24, 2.45) is 0 Å². The van der Waals surface area contributed by atoms with Crippen molar-refractivity contribution < 1.29 is 4.79 Å². The lowest BCUT2D eigenvalue weighted by atomic mass is 10.0. The number of aromatic amines is 1. The lowest BCUT2D eigenvalue weighted by Gasteiger charge is -2.00. The maximum absolute atomic E-state index is 12.2. The molecular weight excluding hydrogens is 236 g/mol. The SMILES string of the molecule is CCCCCCCCC(=O)c1c[nH]c2ncccc12. The summed E-state index contributed by atoms with van der Waals surface area (Å²) >= 11 is 0. The first-order valence-electron chi connectivity index (χ1n) is 7.28. The Morgan fingerprint density at radius 2 is 2.00 bits per heavy atom. The van der Waals surface area contributed by atoms with Gasteiger partial charge in [0.2, 0.25) is 0 Å². The number of hydrogen-bond acceptors (Lipinski definition) is 2. The molecule has 2 aromatic rings. The van der Waals surface area contributed by atoms with Gasteiger partial charge in [-0.2, -0.15) is 0 Å². The average Bonchev–Trinajstić information content (AvgIpc) is 2.86. The van der Waals surface area contributed by atoms with Gasteiger partial charge in [-0.25, -0.2) is 4.98 Å². The maximum atomic E-state index is 12.2. The van der Waals surface area contributed by atoms with Gasteiger partial charge in [0, 0.05) is 29.8 Å². The van der Waals surface area contributed by atoms with Gasteiger partial charge < -0.3 is 4.98 Å². The van der Waals surface area contributed by atoms with E-state index in [4.69, 9.17) is 0 Å². The number of pyridine rings is 1. The van der Waals surface area contributed by atoms with E-state index in [2.05, 4.69) is 16.9 Å². The second-order valence-electron chi connectivity index (χ2n) is 5.04. The van der Waals surface area contributed by atoms with Gasteiger partial charge in [0.05, 0.1) is 0 Å². The number of aromatic nitrogens is 2. The van der Waals surface area contributed by atoms with Crippen LogP contribution in [0.4, 0.5) is 0 Å². The zero-order chi connectivity index (χ0) is 13.5. The largest absolute Gasteiger partial charge is 0.345 e. The third-order valence-electron chi connectivity index (χ3n) is 3.51. The van der Waals surface area contributed by atoms with E-state index in [1.165, 1.54) is 25.7 Å². The van der Waals surface area contributed by atoms with Crippen LogP contribution in [0, 0.1) is 0 Å². The Balaban J connectivity index is 1.83. The maximum Gasteiger partial charge on any atom is 0.165 e. The Labute approximate surface area is 114 Å². The summed E-state index contributed by atoms with van der Waals surface area (Å²) in [5.74, 6) is 0.231. The molecular formula is C16H22N2O. The fourth-order valence-corrected chi connectivity index (χ4v) is 2.39. The molecule has 0 atom stereocenters. The highest BCUT2D eigenvalue weighted by Crippen LogP contribution is 2.18. The van der Waals surface area contributed by atoms with Crippen molar-refractivity contribution in [2.75, 3.05) is 0 Å². The topological polar surface area (TPSA) is 45.8 Å². The Bertz CT molecular complexity index is 530. The van der Waals surface area contributed by atoms with Crippen molar-refractivity contribution in [2.45, 2.75) is 51.9 Å². The molecule has 0 spiro atoms. The summed E-state index contributed by atoms with van der Waals surface area (Å²) < 4.78 is 0. The molecule has 3 nitrogen and oxygen atoms in total. The number of H-pyrrole nitrogens is 1. The van der Waals surface area contributed by atoms with E-state index < -0.39 is 0 Å². The minimum Gasteiger partial charge on any atom is -0.345 e. The summed E-state index contributed by atoms with van der Waals surface area (Å²) in [6, 6.07) is 3.82. The predicted octanol–water partition coefficient (Wildman–Crippen LogP) is 4.50. The Kier molecular flexibility index (Phi) is 5.13. The lowest BCUT2D eigenvalue weighted by Crippen LogP contribution is -1.97. The van der Waals surface area contributed by atoms with Crippen LogP contribution in [0.25, 0.3) is 11.0 Å². The second-order valence-corrected chi connectivity index (χ2v) is 5.04. The summed E-state index contributed by atoms with van der Waals surface area (Å²) in [7, 11) is 0. The number of hydrogen-bond donors (Lipinski definition) is 1. The number of Topliss-reactive ketones (excluding diaryl/α,β-unsaturated/α-hetero) is 1. The van der Waals surface area contributed by atoms with E-state index in [9.17, 15) is 4.79 Å². The van der Waals surface area contributed by atoms with Crippen LogP contribution in [0.2, 0.25) is 0 Å². The molecule has 0 fully saturated rings. The number of nitrogens with zero attached hydrogens (tertiary/aromatic N) is 1. The number of rotatable bonds is 8. The second kappa shape index (κ2) is 7.07. The molecule has 3 heteroatoms. The molecule has 2 rings (SSSR count). The Morgan fingerprint density at radius 3 is 2.84 bits per heavy atom.